The first-order chi connectivity index (χ1) is 12.0. The van der Waals surface area contributed by atoms with Crippen LogP contribution in [-0.2, 0) is 6.54 Å². The molecule has 0 aliphatic heterocycles. The number of benzene rings is 1. The van der Waals surface area contributed by atoms with Gasteiger partial charge in [0.25, 0.3) is 0 Å². The molecule has 1 aromatic carbocycles. The lowest BCUT2D eigenvalue weighted by Gasteiger charge is -2.17. The highest BCUT2D eigenvalue weighted by Gasteiger charge is 2.08. The lowest BCUT2D eigenvalue weighted by Crippen LogP contribution is -2.41. The van der Waals surface area contributed by atoms with Crippen molar-refractivity contribution in [3.63, 3.8) is 0 Å². The summed E-state index contributed by atoms with van der Waals surface area (Å²) in [5.74, 6) is 2.40. The average Bonchev–Trinajstić information content (AvgIpc) is 2.90. The molecule has 0 fully saturated rings. The van der Waals surface area contributed by atoms with Gasteiger partial charge in [-0.1, -0.05) is 0 Å². The minimum atomic E-state index is -0.281. The molecule has 6 nitrogen and oxygen atoms in total. The molecule has 2 rings (SSSR count). The molecule has 1 atom stereocenters. The number of halogens is 2. The van der Waals surface area contributed by atoms with Crippen molar-refractivity contribution in [2.75, 3.05) is 13.1 Å². The molecule has 144 valence electrons. The topological polar surface area (TPSA) is 71.7 Å². The van der Waals surface area contributed by atoms with Crippen molar-refractivity contribution in [2.24, 2.45) is 4.99 Å². The van der Waals surface area contributed by atoms with Gasteiger partial charge in [0, 0.05) is 6.54 Å². The van der Waals surface area contributed by atoms with Crippen LogP contribution in [-0.4, -0.2) is 30.1 Å². The van der Waals surface area contributed by atoms with Crippen molar-refractivity contribution < 1.29 is 13.5 Å². The number of aromatic nitrogens is 1. The largest absolute Gasteiger partial charge is 0.489 e. The van der Waals surface area contributed by atoms with Crippen molar-refractivity contribution in [3.05, 3.63) is 47.4 Å². The van der Waals surface area contributed by atoms with E-state index >= 15 is 0 Å². The highest BCUT2D eigenvalue weighted by molar-refractivity contribution is 14.0. The molecule has 26 heavy (non-hydrogen) atoms. The van der Waals surface area contributed by atoms with Crippen LogP contribution in [0.4, 0.5) is 4.39 Å². The molecule has 1 heterocycles. The van der Waals surface area contributed by atoms with E-state index in [9.17, 15) is 4.39 Å². The Morgan fingerprint density at radius 3 is 2.54 bits per heavy atom. The molecular weight excluding hydrogens is 450 g/mol. The molecule has 2 N–H and O–H groups in total. The second kappa shape index (κ2) is 11.0. The van der Waals surface area contributed by atoms with Gasteiger partial charge in [-0.3, -0.25) is 0 Å². The Labute approximate surface area is 170 Å². The Hall–Kier alpha value is -1.84. The number of aryl methyl sites for hydroxylation is 2. The zero-order valence-corrected chi connectivity index (χ0v) is 17.8. The Kier molecular flexibility index (Phi) is 9.39. The third kappa shape index (κ3) is 7.19. The maximum absolute atomic E-state index is 12.9. The van der Waals surface area contributed by atoms with Crippen LogP contribution in [0.1, 0.15) is 31.2 Å². The van der Waals surface area contributed by atoms with Crippen LogP contribution in [0.15, 0.2) is 33.7 Å². The number of guanidine groups is 1. The third-order valence-corrected chi connectivity index (χ3v) is 3.50. The molecule has 0 amide bonds. The lowest BCUT2D eigenvalue weighted by atomic mass is 10.3. The minimum Gasteiger partial charge on any atom is -0.489 e. The summed E-state index contributed by atoms with van der Waals surface area (Å²) in [6.45, 7) is 9.36. The number of rotatable bonds is 7. The van der Waals surface area contributed by atoms with Gasteiger partial charge in [-0.15, -0.1) is 24.0 Å². The van der Waals surface area contributed by atoms with Crippen molar-refractivity contribution in [1.82, 2.24) is 15.6 Å². The van der Waals surface area contributed by atoms with Crippen LogP contribution in [0.5, 0.6) is 5.75 Å². The van der Waals surface area contributed by atoms with Crippen LogP contribution >= 0.6 is 24.0 Å². The molecule has 0 spiro atoms. The van der Waals surface area contributed by atoms with E-state index in [0.29, 0.717) is 30.7 Å². The number of hydrogen-bond acceptors (Lipinski definition) is 4. The summed E-state index contributed by atoms with van der Waals surface area (Å²) in [6.07, 6.45) is -0.111. The van der Waals surface area contributed by atoms with E-state index in [4.69, 9.17) is 9.15 Å². The van der Waals surface area contributed by atoms with E-state index in [2.05, 4.69) is 20.6 Å². The quantitative estimate of drug-likeness (QED) is 0.363. The van der Waals surface area contributed by atoms with Gasteiger partial charge in [0.05, 0.1) is 12.2 Å². The number of ether oxygens (including phenoxy) is 1. The summed E-state index contributed by atoms with van der Waals surface area (Å²) >= 11 is 0. The summed E-state index contributed by atoms with van der Waals surface area (Å²) in [7, 11) is 0. The SMILES string of the molecule is CCNC(=NCc1nc(C)c(C)o1)NCC(C)Oc1ccc(F)cc1.I. The molecule has 1 aromatic heterocycles. The molecule has 0 saturated carbocycles. The zero-order valence-electron chi connectivity index (χ0n) is 15.5. The molecule has 1 unspecified atom stereocenters. The zero-order chi connectivity index (χ0) is 18.2. The highest BCUT2D eigenvalue weighted by Crippen LogP contribution is 2.12. The molecule has 0 aliphatic rings. The van der Waals surface area contributed by atoms with Gasteiger partial charge in [-0.2, -0.15) is 0 Å². The van der Waals surface area contributed by atoms with Crippen molar-refractivity contribution in [1.29, 1.82) is 0 Å². The third-order valence-electron chi connectivity index (χ3n) is 3.50. The smallest absolute Gasteiger partial charge is 0.216 e. The van der Waals surface area contributed by atoms with Gasteiger partial charge in [-0.25, -0.2) is 14.4 Å². The molecule has 0 saturated heterocycles. The monoisotopic (exact) mass is 476 g/mol. The Bertz CT molecular complexity index is 684. The van der Waals surface area contributed by atoms with Crippen LogP contribution in [0.2, 0.25) is 0 Å². The van der Waals surface area contributed by atoms with Gasteiger partial charge >= 0.3 is 0 Å². The first kappa shape index (κ1) is 22.2. The van der Waals surface area contributed by atoms with E-state index in [1.807, 2.05) is 27.7 Å². The average molecular weight is 476 g/mol. The van der Waals surface area contributed by atoms with Crippen LogP contribution in [0.3, 0.4) is 0 Å². The number of nitrogens with one attached hydrogen (secondary N) is 2. The number of aliphatic imine (C=N–C) groups is 1. The fourth-order valence-electron chi connectivity index (χ4n) is 2.12. The predicted molar refractivity (Wildman–Crippen MR) is 111 cm³/mol. The molecule has 0 bridgehead atoms. The predicted octanol–water partition coefficient (Wildman–Crippen LogP) is 3.57. The maximum Gasteiger partial charge on any atom is 0.216 e. The number of hydrogen-bond donors (Lipinski definition) is 2. The number of nitrogens with zero attached hydrogens (tertiary/aromatic N) is 2. The molecular formula is C18H26FIN4O2. The second-order valence-corrected chi connectivity index (χ2v) is 5.71. The van der Waals surface area contributed by atoms with E-state index in [1.54, 1.807) is 12.1 Å². The van der Waals surface area contributed by atoms with Gasteiger partial charge in [0.15, 0.2) is 5.96 Å². The van der Waals surface area contributed by atoms with Crippen molar-refractivity contribution in [3.8, 4) is 5.75 Å². The fraction of sp³-hybridized carbons (Fsp3) is 0.444. The van der Waals surface area contributed by atoms with Crippen molar-refractivity contribution >= 4 is 29.9 Å². The van der Waals surface area contributed by atoms with Gasteiger partial charge in [0.1, 0.15) is 30.0 Å². The summed E-state index contributed by atoms with van der Waals surface area (Å²) in [4.78, 5) is 8.78. The molecule has 8 heteroatoms. The second-order valence-electron chi connectivity index (χ2n) is 5.71. The Balaban J connectivity index is 0.00000338. The minimum absolute atomic E-state index is 0. The number of oxazole rings is 1. The Morgan fingerprint density at radius 1 is 1.27 bits per heavy atom. The van der Waals surface area contributed by atoms with E-state index in [0.717, 1.165) is 18.0 Å². The highest BCUT2D eigenvalue weighted by atomic mass is 127. The first-order valence-electron chi connectivity index (χ1n) is 8.35. The standard InChI is InChI=1S/C18H25FN4O2.HI/c1-5-20-18(22-11-17-23-13(3)14(4)25-17)21-10-12(2)24-16-8-6-15(19)7-9-16;/h6-9,12H,5,10-11H2,1-4H3,(H2,20,21,22);1H. The van der Waals surface area contributed by atoms with E-state index in [-0.39, 0.29) is 35.9 Å². The lowest BCUT2D eigenvalue weighted by molar-refractivity contribution is 0.223. The van der Waals surface area contributed by atoms with Gasteiger partial charge < -0.3 is 19.8 Å². The van der Waals surface area contributed by atoms with E-state index in [1.165, 1.54) is 12.1 Å². The van der Waals surface area contributed by atoms with Crippen LogP contribution in [0.25, 0.3) is 0 Å². The summed E-state index contributed by atoms with van der Waals surface area (Å²) < 4.78 is 24.2. The van der Waals surface area contributed by atoms with Gasteiger partial charge in [-0.05, 0) is 52.0 Å². The van der Waals surface area contributed by atoms with Crippen LogP contribution in [0, 0.1) is 19.7 Å². The fourth-order valence-corrected chi connectivity index (χ4v) is 2.12. The first-order valence-corrected chi connectivity index (χ1v) is 8.35. The maximum atomic E-state index is 12.9. The summed E-state index contributed by atoms with van der Waals surface area (Å²) in [5.41, 5.74) is 0.879. The van der Waals surface area contributed by atoms with Crippen LogP contribution < -0.4 is 15.4 Å². The van der Waals surface area contributed by atoms with E-state index < -0.39 is 0 Å². The summed E-state index contributed by atoms with van der Waals surface area (Å²) in [6, 6.07) is 5.97. The molecule has 0 radical (unpaired) electrons. The molecule has 2 aromatic rings. The van der Waals surface area contributed by atoms with Gasteiger partial charge in [0.2, 0.25) is 5.89 Å². The Morgan fingerprint density at radius 2 is 1.96 bits per heavy atom. The normalized spacial score (nSPS) is 12.3. The van der Waals surface area contributed by atoms with Crippen molar-refractivity contribution in [2.45, 2.75) is 40.3 Å². The summed E-state index contributed by atoms with van der Waals surface area (Å²) in [5, 5.41) is 6.38. The molecule has 0 aliphatic carbocycles.